The summed E-state index contributed by atoms with van der Waals surface area (Å²) in [5.41, 5.74) is 5.03. The van der Waals surface area contributed by atoms with Crippen molar-refractivity contribution in [2.75, 3.05) is 0 Å². The molecule has 0 bridgehead atoms. The van der Waals surface area contributed by atoms with Gasteiger partial charge in [0.2, 0.25) is 0 Å². The van der Waals surface area contributed by atoms with Crippen LogP contribution in [-0.2, 0) is 3.63 Å². The predicted molar refractivity (Wildman–Crippen MR) is 84.6 cm³/mol. The molecule has 3 heteroatoms. The number of hydrogen-bond acceptors (Lipinski definition) is 3. The highest BCUT2D eigenvalue weighted by molar-refractivity contribution is 8.08. The molecule has 0 amide bonds. The van der Waals surface area contributed by atoms with Crippen LogP contribution in [0.15, 0.2) is 46.2 Å². The summed E-state index contributed by atoms with van der Waals surface area (Å²) in [6.45, 7) is 8.45. The zero-order valence-corrected chi connectivity index (χ0v) is 13.3. The zero-order valence-electron chi connectivity index (χ0n) is 11.7. The van der Waals surface area contributed by atoms with Crippen molar-refractivity contribution in [3.8, 4) is 0 Å². The van der Waals surface area contributed by atoms with Crippen LogP contribution in [0, 0.1) is 27.7 Å². The lowest BCUT2D eigenvalue weighted by Gasteiger charge is -2.10. The second kappa shape index (κ2) is 6.51. The minimum Gasteiger partial charge on any atom is -0.237 e. The topological polar surface area (TPSA) is 9.23 Å². The second-order valence-electron chi connectivity index (χ2n) is 4.68. The summed E-state index contributed by atoms with van der Waals surface area (Å²) in [5.74, 6) is 0. The summed E-state index contributed by atoms with van der Waals surface area (Å²) in [4.78, 5) is 2.42. The number of hydrogen-bond donors (Lipinski definition) is 0. The summed E-state index contributed by atoms with van der Waals surface area (Å²) < 4.78 is 5.76. The molecule has 0 unspecified atom stereocenters. The van der Waals surface area contributed by atoms with Crippen LogP contribution < -0.4 is 0 Å². The molecule has 0 aliphatic carbocycles. The van der Waals surface area contributed by atoms with Gasteiger partial charge in [0.05, 0.1) is 0 Å². The van der Waals surface area contributed by atoms with Gasteiger partial charge in [-0.3, -0.25) is 0 Å². The van der Waals surface area contributed by atoms with Gasteiger partial charge >= 0.3 is 0 Å². The molecule has 2 rings (SSSR count). The Morgan fingerprint density at radius 2 is 0.947 bits per heavy atom. The standard InChI is InChI=1S/C16H18OS2/c1-11-7-5-8-12(2)15(11)18-17-19-16-13(3)9-6-10-14(16)4/h5-10H,1-4H3. The summed E-state index contributed by atoms with van der Waals surface area (Å²) >= 11 is 2.90. The minimum atomic E-state index is 1.21. The summed E-state index contributed by atoms with van der Waals surface area (Å²) in [6, 6.07) is 12.6. The fourth-order valence-electron chi connectivity index (χ4n) is 1.95. The molecule has 100 valence electrons. The van der Waals surface area contributed by atoms with Crippen molar-refractivity contribution in [2.45, 2.75) is 37.5 Å². The molecular weight excluding hydrogens is 272 g/mol. The van der Waals surface area contributed by atoms with E-state index in [1.165, 1.54) is 56.1 Å². The highest BCUT2D eigenvalue weighted by atomic mass is 32.2. The number of rotatable bonds is 4. The molecule has 2 aromatic carbocycles. The smallest absolute Gasteiger partial charge is 0.0453 e. The highest BCUT2D eigenvalue weighted by Crippen LogP contribution is 2.35. The molecule has 19 heavy (non-hydrogen) atoms. The van der Waals surface area contributed by atoms with E-state index in [9.17, 15) is 0 Å². The predicted octanol–water partition coefficient (Wildman–Crippen LogP) is 5.65. The largest absolute Gasteiger partial charge is 0.237 e. The molecule has 0 saturated heterocycles. The molecule has 0 atom stereocenters. The lowest BCUT2D eigenvalue weighted by Crippen LogP contribution is -1.86. The third kappa shape index (κ3) is 3.56. The van der Waals surface area contributed by atoms with Crippen LogP contribution in [-0.4, -0.2) is 0 Å². The van der Waals surface area contributed by atoms with Gasteiger partial charge in [0.15, 0.2) is 0 Å². The molecular formula is C16H18OS2. The normalized spacial score (nSPS) is 10.7. The molecule has 0 aliphatic rings. The van der Waals surface area contributed by atoms with E-state index in [4.69, 9.17) is 3.63 Å². The lowest BCUT2D eigenvalue weighted by atomic mass is 10.2. The van der Waals surface area contributed by atoms with Gasteiger partial charge in [-0.25, -0.2) is 3.63 Å². The van der Waals surface area contributed by atoms with Gasteiger partial charge in [0.25, 0.3) is 0 Å². The van der Waals surface area contributed by atoms with E-state index in [0.717, 1.165) is 0 Å². The van der Waals surface area contributed by atoms with Gasteiger partial charge in [0.1, 0.15) is 0 Å². The Kier molecular flexibility index (Phi) is 4.97. The molecule has 0 saturated carbocycles. The van der Waals surface area contributed by atoms with Crippen molar-refractivity contribution in [3.63, 3.8) is 0 Å². The van der Waals surface area contributed by atoms with Crippen LogP contribution in [0.3, 0.4) is 0 Å². The molecule has 0 aliphatic heterocycles. The van der Waals surface area contributed by atoms with Crippen LogP contribution in [0.1, 0.15) is 22.3 Å². The van der Waals surface area contributed by atoms with Gasteiger partial charge in [-0.2, -0.15) is 0 Å². The maximum absolute atomic E-state index is 5.76. The first kappa shape index (κ1) is 14.5. The van der Waals surface area contributed by atoms with E-state index >= 15 is 0 Å². The zero-order chi connectivity index (χ0) is 13.8. The van der Waals surface area contributed by atoms with Crippen molar-refractivity contribution in [1.29, 1.82) is 0 Å². The van der Waals surface area contributed by atoms with Crippen LogP contribution in [0.2, 0.25) is 0 Å². The van der Waals surface area contributed by atoms with E-state index in [1.54, 1.807) is 0 Å². The Morgan fingerprint density at radius 3 is 1.26 bits per heavy atom. The van der Waals surface area contributed by atoms with Crippen LogP contribution in [0.4, 0.5) is 0 Å². The SMILES string of the molecule is Cc1cccc(C)c1SOSc1c(C)cccc1C. The molecule has 0 heterocycles. The van der Waals surface area contributed by atoms with Gasteiger partial charge in [-0.15, -0.1) is 0 Å². The average Bonchev–Trinajstić information content (AvgIpc) is 2.36. The minimum absolute atomic E-state index is 1.21. The summed E-state index contributed by atoms with van der Waals surface area (Å²) in [6.07, 6.45) is 0. The maximum atomic E-state index is 5.76. The van der Waals surface area contributed by atoms with Gasteiger partial charge in [-0.05, 0) is 49.9 Å². The third-order valence-electron chi connectivity index (χ3n) is 3.05. The van der Waals surface area contributed by atoms with Crippen molar-refractivity contribution in [2.24, 2.45) is 0 Å². The third-order valence-corrected chi connectivity index (χ3v) is 5.22. The first-order valence-electron chi connectivity index (χ1n) is 6.23. The molecule has 1 nitrogen and oxygen atoms in total. The molecule has 0 radical (unpaired) electrons. The average molecular weight is 290 g/mol. The van der Waals surface area contributed by atoms with Gasteiger partial charge < -0.3 is 0 Å². The Balaban J connectivity index is 2.05. The van der Waals surface area contributed by atoms with Gasteiger partial charge in [-0.1, -0.05) is 36.4 Å². The fraction of sp³-hybridized carbons (Fsp3) is 0.250. The Labute approximate surface area is 124 Å². The maximum Gasteiger partial charge on any atom is 0.0453 e. The lowest BCUT2D eigenvalue weighted by molar-refractivity contribution is 0.753. The molecule has 0 fully saturated rings. The van der Waals surface area contributed by atoms with Crippen molar-refractivity contribution in [3.05, 3.63) is 58.7 Å². The first-order valence-corrected chi connectivity index (χ1v) is 7.71. The summed E-state index contributed by atoms with van der Waals surface area (Å²) in [7, 11) is 0. The highest BCUT2D eigenvalue weighted by Gasteiger charge is 2.07. The van der Waals surface area contributed by atoms with E-state index in [2.05, 4.69) is 64.1 Å². The number of aryl methyl sites for hydroxylation is 4. The Bertz CT molecular complexity index is 487. The van der Waals surface area contributed by atoms with Gasteiger partial charge in [0, 0.05) is 33.9 Å². The van der Waals surface area contributed by atoms with E-state index < -0.39 is 0 Å². The number of benzene rings is 2. The first-order chi connectivity index (χ1) is 9.09. The summed E-state index contributed by atoms with van der Waals surface area (Å²) in [5, 5.41) is 0. The van der Waals surface area contributed by atoms with Crippen molar-refractivity contribution >= 4 is 24.1 Å². The van der Waals surface area contributed by atoms with E-state index in [1.807, 2.05) is 0 Å². The molecule has 2 aromatic rings. The quantitative estimate of drug-likeness (QED) is 0.673. The van der Waals surface area contributed by atoms with Crippen molar-refractivity contribution in [1.82, 2.24) is 0 Å². The Hall–Kier alpha value is -0.900. The Morgan fingerprint density at radius 1 is 0.632 bits per heavy atom. The molecule has 0 N–H and O–H groups in total. The van der Waals surface area contributed by atoms with E-state index in [0.29, 0.717) is 0 Å². The van der Waals surface area contributed by atoms with Crippen LogP contribution in [0.5, 0.6) is 0 Å². The van der Waals surface area contributed by atoms with E-state index in [-0.39, 0.29) is 0 Å². The molecule has 0 spiro atoms. The van der Waals surface area contributed by atoms with Crippen LogP contribution >= 0.6 is 24.1 Å². The van der Waals surface area contributed by atoms with Crippen molar-refractivity contribution < 1.29 is 3.63 Å². The monoisotopic (exact) mass is 290 g/mol. The van der Waals surface area contributed by atoms with Crippen LogP contribution in [0.25, 0.3) is 0 Å². The fourth-order valence-corrected chi connectivity index (χ4v) is 3.42. The second-order valence-corrected chi connectivity index (χ2v) is 6.37. The molecule has 0 aromatic heterocycles.